The van der Waals surface area contributed by atoms with Crippen LogP contribution in [-0.4, -0.2) is 0 Å². The van der Waals surface area contributed by atoms with E-state index in [9.17, 15) is 0 Å². The Morgan fingerprint density at radius 1 is 1.33 bits per heavy atom. The number of rotatable bonds is 2. The smallest absolute Gasteiger partial charge is 0.0181 e. The van der Waals surface area contributed by atoms with Gasteiger partial charge in [-0.3, -0.25) is 0 Å². The third kappa shape index (κ3) is 1.86. The third-order valence-corrected chi connectivity index (χ3v) is 2.14. The van der Waals surface area contributed by atoms with Gasteiger partial charge in [0.05, 0.1) is 0 Å². The summed E-state index contributed by atoms with van der Waals surface area (Å²) in [7, 11) is 0. The molecule has 0 saturated heterocycles. The highest BCUT2D eigenvalue weighted by Crippen LogP contribution is 2.19. The lowest BCUT2D eigenvalue weighted by Gasteiger charge is -2.11. The highest BCUT2D eigenvalue weighted by atomic mass is 14.5. The Morgan fingerprint density at radius 3 is 2.50 bits per heavy atom. The average molecular weight is 163 g/mol. The number of aryl methyl sites for hydroxylation is 1. The fraction of sp³-hybridized carbons (Fsp3) is 0.455. The van der Waals surface area contributed by atoms with Gasteiger partial charge in [0.2, 0.25) is 0 Å². The van der Waals surface area contributed by atoms with Gasteiger partial charge in [-0.2, -0.15) is 0 Å². The van der Waals surface area contributed by atoms with Crippen molar-refractivity contribution in [2.24, 2.45) is 5.73 Å². The second kappa shape index (κ2) is 3.72. The second-order valence-electron chi connectivity index (χ2n) is 3.56. The lowest BCUT2D eigenvalue weighted by Crippen LogP contribution is -2.03. The SMILES string of the molecule is Cc1ccc(C(C)C)c(CN)c1. The van der Waals surface area contributed by atoms with E-state index in [-0.39, 0.29) is 0 Å². The largest absolute Gasteiger partial charge is 0.326 e. The molecule has 0 heterocycles. The van der Waals surface area contributed by atoms with E-state index in [0.717, 1.165) is 0 Å². The molecule has 1 heteroatoms. The van der Waals surface area contributed by atoms with Crippen LogP contribution in [0.3, 0.4) is 0 Å². The number of benzene rings is 1. The van der Waals surface area contributed by atoms with Crippen LogP contribution < -0.4 is 5.73 Å². The fourth-order valence-electron chi connectivity index (χ4n) is 1.47. The van der Waals surface area contributed by atoms with Crippen molar-refractivity contribution in [3.63, 3.8) is 0 Å². The Hall–Kier alpha value is -0.820. The summed E-state index contributed by atoms with van der Waals surface area (Å²) < 4.78 is 0. The van der Waals surface area contributed by atoms with Crippen LogP contribution in [0.1, 0.15) is 36.5 Å². The van der Waals surface area contributed by atoms with Crippen LogP contribution in [0.25, 0.3) is 0 Å². The van der Waals surface area contributed by atoms with Gasteiger partial charge in [0.15, 0.2) is 0 Å². The molecule has 0 aliphatic rings. The third-order valence-electron chi connectivity index (χ3n) is 2.14. The molecule has 12 heavy (non-hydrogen) atoms. The topological polar surface area (TPSA) is 26.0 Å². The van der Waals surface area contributed by atoms with Crippen LogP contribution in [0.15, 0.2) is 18.2 Å². The molecule has 0 bridgehead atoms. The van der Waals surface area contributed by atoms with Crippen molar-refractivity contribution in [3.8, 4) is 0 Å². The van der Waals surface area contributed by atoms with Crippen molar-refractivity contribution in [2.45, 2.75) is 33.2 Å². The molecule has 0 atom stereocenters. The molecule has 66 valence electrons. The van der Waals surface area contributed by atoms with Crippen molar-refractivity contribution < 1.29 is 0 Å². The van der Waals surface area contributed by atoms with Crippen molar-refractivity contribution in [3.05, 3.63) is 34.9 Å². The van der Waals surface area contributed by atoms with Gasteiger partial charge in [-0.15, -0.1) is 0 Å². The molecular formula is C11H17N. The van der Waals surface area contributed by atoms with Gasteiger partial charge in [-0.05, 0) is 24.0 Å². The summed E-state index contributed by atoms with van der Waals surface area (Å²) in [6, 6.07) is 6.51. The van der Waals surface area contributed by atoms with Gasteiger partial charge in [-0.25, -0.2) is 0 Å². The number of nitrogens with two attached hydrogens (primary N) is 1. The van der Waals surface area contributed by atoms with Crippen LogP contribution in [0, 0.1) is 6.92 Å². The maximum atomic E-state index is 5.66. The van der Waals surface area contributed by atoms with Crippen molar-refractivity contribution in [2.75, 3.05) is 0 Å². The summed E-state index contributed by atoms with van der Waals surface area (Å²) in [4.78, 5) is 0. The monoisotopic (exact) mass is 163 g/mol. The van der Waals surface area contributed by atoms with Crippen LogP contribution in [0.5, 0.6) is 0 Å². The molecule has 1 aromatic rings. The molecule has 2 N–H and O–H groups in total. The summed E-state index contributed by atoms with van der Waals surface area (Å²) in [6.45, 7) is 7.14. The number of hydrogen-bond donors (Lipinski definition) is 1. The fourth-order valence-corrected chi connectivity index (χ4v) is 1.47. The molecule has 0 aromatic heterocycles. The first kappa shape index (κ1) is 9.27. The Bertz CT molecular complexity index is 264. The first-order chi connectivity index (χ1) is 5.65. The minimum atomic E-state index is 0.573. The zero-order valence-electron chi connectivity index (χ0n) is 8.09. The Kier molecular flexibility index (Phi) is 2.88. The predicted octanol–water partition coefficient (Wildman–Crippen LogP) is 2.58. The molecular weight excluding hydrogens is 146 g/mol. The van der Waals surface area contributed by atoms with Crippen molar-refractivity contribution in [1.29, 1.82) is 0 Å². The van der Waals surface area contributed by atoms with E-state index in [4.69, 9.17) is 5.73 Å². The standard InChI is InChI=1S/C11H17N/c1-8(2)11-5-4-9(3)6-10(11)7-12/h4-6,8H,7,12H2,1-3H3. The van der Waals surface area contributed by atoms with Crippen molar-refractivity contribution >= 4 is 0 Å². The molecule has 0 radical (unpaired) electrons. The van der Waals surface area contributed by atoms with E-state index in [1.807, 2.05) is 0 Å². The highest BCUT2D eigenvalue weighted by molar-refractivity contribution is 5.33. The molecule has 0 aliphatic heterocycles. The second-order valence-corrected chi connectivity index (χ2v) is 3.56. The van der Waals surface area contributed by atoms with Crippen LogP contribution in [0.4, 0.5) is 0 Å². The van der Waals surface area contributed by atoms with E-state index in [1.54, 1.807) is 0 Å². The van der Waals surface area contributed by atoms with Crippen LogP contribution >= 0.6 is 0 Å². The first-order valence-corrected chi connectivity index (χ1v) is 4.44. The van der Waals surface area contributed by atoms with Gasteiger partial charge < -0.3 is 5.73 Å². The van der Waals surface area contributed by atoms with E-state index < -0.39 is 0 Å². The molecule has 0 fully saturated rings. The first-order valence-electron chi connectivity index (χ1n) is 4.44. The van der Waals surface area contributed by atoms with E-state index in [2.05, 4.69) is 39.0 Å². The minimum absolute atomic E-state index is 0.573. The summed E-state index contributed by atoms with van der Waals surface area (Å²) in [5, 5.41) is 0. The van der Waals surface area contributed by atoms with Gasteiger partial charge in [0.25, 0.3) is 0 Å². The van der Waals surface area contributed by atoms with Crippen molar-refractivity contribution in [1.82, 2.24) is 0 Å². The van der Waals surface area contributed by atoms with E-state index >= 15 is 0 Å². The van der Waals surface area contributed by atoms with E-state index in [0.29, 0.717) is 12.5 Å². The summed E-state index contributed by atoms with van der Waals surface area (Å²) in [5.74, 6) is 0.573. The predicted molar refractivity (Wildman–Crippen MR) is 53.2 cm³/mol. The summed E-state index contributed by atoms with van der Waals surface area (Å²) in [6.07, 6.45) is 0. The normalized spacial score (nSPS) is 10.8. The number of hydrogen-bond acceptors (Lipinski definition) is 1. The maximum Gasteiger partial charge on any atom is 0.0181 e. The van der Waals surface area contributed by atoms with Crippen LogP contribution in [0.2, 0.25) is 0 Å². The maximum absolute atomic E-state index is 5.66. The zero-order valence-corrected chi connectivity index (χ0v) is 8.09. The Labute approximate surface area is 74.6 Å². The Morgan fingerprint density at radius 2 is 2.00 bits per heavy atom. The molecule has 0 amide bonds. The summed E-state index contributed by atoms with van der Waals surface area (Å²) in [5.41, 5.74) is 9.61. The molecule has 0 spiro atoms. The summed E-state index contributed by atoms with van der Waals surface area (Å²) >= 11 is 0. The highest BCUT2D eigenvalue weighted by Gasteiger charge is 2.04. The lowest BCUT2D eigenvalue weighted by atomic mass is 9.96. The molecule has 1 rings (SSSR count). The lowest BCUT2D eigenvalue weighted by molar-refractivity contribution is 0.838. The van der Waals surface area contributed by atoms with Gasteiger partial charge in [0, 0.05) is 6.54 Å². The van der Waals surface area contributed by atoms with Crippen LogP contribution in [-0.2, 0) is 6.54 Å². The van der Waals surface area contributed by atoms with Gasteiger partial charge in [0.1, 0.15) is 0 Å². The average Bonchev–Trinajstić information content (AvgIpc) is 2.03. The quantitative estimate of drug-likeness (QED) is 0.712. The van der Waals surface area contributed by atoms with Gasteiger partial charge in [-0.1, -0.05) is 37.6 Å². The van der Waals surface area contributed by atoms with Gasteiger partial charge >= 0.3 is 0 Å². The molecule has 0 unspecified atom stereocenters. The molecule has 0 aliphatic carbocycles. The Balaban J connectivity index is 3.11. The minimum Gasteiger partial charge on any atom is -0.326 e. The molecule has 1 aromatic carbocycles. The molecule has 0 saturated carbocycles. The molecule has 1 nitrogen and oxygen atoms in total. The van der Waals surface area contributed by atoms with E-state index in [1.165, 1.54) is 16.7 Å². The zero-order chi connectivity index (χ0) is 9.14.